The third kappa shape index (κ3) is 2.49. The summed E-state index contributed by atoms with van der Waals surface area (Å²) in [6.45, 7) is 1.81. The highest BCUT2D eigenvalue weighted by Gasteiger charge is 2.38. The van der Waals surface area contributed by atoms with Gasteiger partial charge in [-0.15, -0.1) is 0 Å². The molecule has 2 rings (SSSR count). The molecular formula is C10H13FN2O2S. The zero-order valence-corrected chi connectivity index (χ0v) is 9.72. The van der Waals surface area contributed by atoms with Crippen molar-refractivity contribution >= 4 is 15.7 Å². The molecule has 1 aliphatic heterocycles. The van der Waals surface area contributed by atoms with Gasteiger partial charge in [0.15, 0.2) is 9.84 Å². The Morgan fingerprint density at radius 1 is 1.50 bits per heavy atom. The molecule has 0 aliphatic carbocycles. The lowest BCUT2D eigenvalue weighted by atomic mass is 10.0. The summed E-state index contributed by atoms with van der Waals surface area (Å²) in [5.41, 5.74) is -0.542. The molecule has 0 aromatic carbocycles. The Kier molecular flexibility index (Phi) is 2.61. The molecule has 1 aromatic heterocycles. The van der Waals surface area contributed by atoms with Crippen LogP contribution in [0.4, 0.5) is 10.2 Å². The zero-order valence-electron chi connectivity index (χ0n) is 8.90. The van der Waals surface area contributed by atoms with Crippen LogP contribution in [-0.2, 0) is 9.84 Å². The Labute approximate surface area is 93.8 Å². The molecule has 1 N–H and O–H groups in total. The second kappa shape index (κ2) is 3.69. The van der Waals surface area contributed by atoms with Crippen molar-refractivity contribution in [3.63, 3.8) is 0 Å². The maximum atomic E-state index is 12.8. The molecule has 0 bridgehead atoms. The number of pyridine rings is 1. The Balaban J connectivity index is 2.16. The minimum Gasteiger partial charge on any atom is -0.364 e. The number of anilines is 1. The van der Waals surface area contributed by atoms with Crippen LogP contribution >= 0.6 is 0 Å². The van der Waals surface area contributed by atoms with E-state index >= 15 is 0 Å². The van der Waals surface area contributed by atoms with Gasteiger partial charge in [0.25, 0.3) is 0 Å². The number of aromatic nitrogens is 1. The fourth-order valence-corrected chi connectivity index (χ4v) is 3.99. The van der Waals surface area contributed by atoms with E-state index in [-0.39, 0.29) is 11.5 Å². The van der Waals surface area contributed by atoms with Crippen molar-refractivity contribution in [2.45, 2.75) is 18.9 Å². The van der Waals surface area contributed by atoms with Crippen molar-refractivity contribution in [3.8, 4) is 0 Å². The van der Waals surface area contributed by atoms with Gasteiger partial charge in [-0.05, 0) is 25.5 Å². The van der Waals surface area contributed by atoms with Crippen LogP contribution < -0.4 is 5.32 Å². The molecular weight excluding hydrogens is 231 g/mol. The van der Waals surface area contributed by atoms with Crippen LogP contribution in [0.2, 0.25) is 0 Å². The van der Waals surface area contributed by atoms with Gasteiger partial charge >= 0.3 is 0 Å². The van der Waals surface area contributed by atoms with Crippen molar-refractivity contribution in [3.05, 3.63) is 24.1 Å². The van der Waals surface area contributed by atoms with E-state index in [0.29, 0.717) is 12.2 Å². The highest BCUT2D eigenvalue weighted by molar-refractivity contribution is 7.91. The summed E-state index contributed by atoms with van der Waals surface area (Å²) in [5, 5.41) is 2.98. The average Bonchev–Trinajstić information content (AvgIpc) is 2.40. The Bertz CT molecular complexity index is 503. The number of halogens is 1. The molecule has 0 radical (unpaired) electrons. The molecule has 1 atom stereocenters. The normalized spacial score (nSPS) is 27.9. The summed E-state index contributed by atoms with van der Waals surface area (Å²) in [6.07, 6.45) is 0.521. The first-order valence-electron chi connectivity index (χ1n) is 5.00. The molecule has 1 fully saturated rings. The predicted molar refractivity (Wildman–Crippen MR) is 59.5 cm³/mol. The van der Waals surface area contributed by atoms with Crippen molar-refractivity contribution in [2.75, 3.05) is 16.8 Å². The molecule has 4 nitrogen and oxygen atoms in total. The molecule has 0 amide bonds. The SMILES string of the molecule is CC1(Nc2cccc(F)n2)CCS(=O)(=O)C1. The van der Waals surface area contributed by atoms with E-state index in [1.165, 1.54) is 12.1 Å². The lowest BCUT2D eigenvalue weighted by molar-refractivity contribution is 0.559. The summed E-state index contributed by atoms with van der Waals surface area (Å²) in [5.74, 6) is 0.0401. The van der Waals surface area contributed by atoms with E-state index in [1.807, 2.05) is 6.92 Å². The van der Waals surface area contributed by atoms with Crippen LogP contribution in [0.3, 0.4) is 0 Å². The van der Waals surface area contributed by atoms with Gasteiger partial charge in [0.05, 0.1) is 17.0 Å². The number of nitrogens with zero attached hydrogens (tertiary/aromatic N) is 1. The second-order valence-electron chi connectivity index (χ2n) is 4.37. The Hall–Kier alpha value is -1.17. The average molecular weight is 244 g/mol. The third-order valence-corrected chi connectivity index (χ3v) is 4.55. The van der Waals surface area contributed by atoms with Gasteiger partial charge in [-0.3, -0.25) is 0 Å². The smallest absolute Gasteiger partial charge is 0.214 e. The fraction of sp³-hybridized carbons (Fsp3) is 0.500. The van der Waals surface area contributed by atoms with E-state index < -0.39 is 21.3 Å². The minimum atomic E-state index is -2.97. The van der Waals surface area contributed by atoms with Gasteiger partial charge < -0.3 is 5.32 Å². The summed E-state index contributed by atoms with van der Waals surface area (Å²) in [4.78, 5) is 3.66. The van der Waals surface area contributed by atoms with Gasteiger partial charge in [-0.2, -0.15) is 4.39 Å². The van der Waals surface area contributed by atoms with Crippen molar-refractivity contribution < 1.29 is 12.8 Å². The first-order valence-corrected chi connectivity index (χ1v) is 6.82. The molecule has 16 heavy (non-hydrogen) atoms. The van der Waals surface area contributed by atoms with E-state index in [2.05, 4.69) is 10.3 Å². The lowest BCUT2D eigenvalue weighted by Gasteiger charge is -2.24. The van der Waals surface area contributed by atoms with Crippen molar-refractivity contribution in [2.24, 2.45) is 0 Å². The maximum absolute atomic E-state index is 12.8. The highest BCUT2D eigenvalue weighted by atomic mass is 32.2. The van der Waals surface area contributed by atoms with Crippen LogP contribution in [0.1, 0.15) is 13.3 Å². The monoisotopic (exact) mass is 244 g/mol. The summed E-state index contributed by atoms with van der Waals surface area (Å²) >= 11 is 0. The number of sulfone groups is 1. The summed E-state index contributed by atoms with van der Waals surface area (Å²) in [7, 11) is -2.97. The van der Waals surface area contributed by atoms with Crippen LogP contribution in [0, 0.1) is 5.95 Å². The van der Waals surface area contributed by atoms with Gasteiger partial charge in [0, 0.05) is 0 Å². The molecule has 2 heterocycles. The third-order valence-electron chi connectivity index (χ3n) is 2.65. The van der Waals surface area contributed by atoms with E-state index in [0.717, 1.165) is 0 Å². The van der Waals surface area contributed by atoms with E-state index in [4.69, 9.17) is 0 Å². The largest absolute Gasteiger partial charge is 0.364 e. The van der Waals surface area contributed by atoms with Crippen molar-refractivity contribution in [1.29, 1.82) is 0 Å². The standard InChI is InChI=1S/C10H13FN2O2S/c1-10(5-6-16(14,15)7-10)13-9-4-2-3-8(11)12-9/h2-4H,5-7H2,1H3,(H,12,13). The molecule has 0 spiro atoms. The van der Waals surface area contributed by atoms with Crippen LogP contribution in [-0.4, -0.2) is 30.4 Å². The van der Waals surface area contributed by atoms with Crippen LogP contribution in [0.25, 0.3) is 0 Å². The number of hydrogen-bond donors (Lipinski definition) is 1. The molecule has 1 aromatic rings. The predicted octanol–water partition coefficient (Wildman–Crippen LogP) is 1.21. The lowest BCUT2D eigenvalue weighted by Crippen LogP contribution is -2.36. The van der Waals surface area contributed by atoms with Crippen LogP contribution in [0.15, 0.2) is 18.2 Å². The molecule has 1 saturated heterocycles. The zero-order chi connectivity index (χ0) is 11.8. The van der Waals surface area contributed by atoms with Crippen LogP contribution in [0.5, 0.6) is 0 Å². The van der Waals surface area contributed by atoms with E-state index in [9.17, 15) is 12.8 Å². The number of rotatable bonds is 2. The van der Waals surface area contributed by atoms with Gasteiger partial charge in [0.1, 0.15) is 5.82 Å². The first-order chi connectivity index (χ1) is 7.39. The fourth-order valence-electron chi connectivity index (χ4n) is 1.90. The molecule has 1 unspecified atom stereocenters. The Morgan fingerprint density at radius 3 is 2.81 bits per heavy atom. The second-order valence-corrected chi connectivity index (χ2v) is 6.56. The van der Waals surface area contributed by atoms with E-state index in [1.54, 1.807) is 6.07 Å². The minimum absolute atomic E-state index is 0.0677. The summed E-state index contributed by atoms with van der Waals surface area (Å²) < 4.78 is 35.6. The van der Waals surface area contributed by atoms with Gasteiger partial charge in [0.2, 0.25) is 5.95 Å². The summed E-state index contributed by atoms with van der Waals surface area (Å²) in [6, 6.07) is 4.41. The topological polar surface area (TPSA) is 59.1 Å². The van der Waals surface area contributed by atoms with Gasteiger partial charge in [-0.25, -0.2) is 13.4 Å². The Morgan fingerprint density at radius 2 is 2.25 bits per heavy atom. The highest BCUT2D eigenvalue weighted by Crippen LogP contribution is 2.26. The maximum Gasteiger partial charge on any atom is 0.214 e. The molecule has 6 heteroatoms. The molecule has 88 valence electrons. The number of hydrogen-bond acceptors (Lipinski definition) is 4. The quantitative estimate of drug-likeness (QED) is 0.794. The first kappa shape index (κ1) is 11.3. The molecule has 1 aliphatic rings. The molecule has 0 saturated carbocycles. The van der Waals surface area contributed by atoms with Gasteiger partial charge in [-0.1, -0.05) is 6.07 Å². The number of nitrogens with one attached hydrogen (secondary N) is 1. The van der Waals surface area contributed by atoms with Crippen molar-refractivity contribution in [1.82, 2.24) is 4.98 Å².